The van der Waals surface area contributed by atoms with Crippen LogP contribution in [-0.4, -0.2) is 19.0 Å². The van der Waals surface area contributed by atoms with Crippen LogP contribution in [0.5, 0.6) is 11.5 Å². The van der Waals surface area contributed by atoms with Gasteiger partial charge in [-0.25, -0.2) is 0 Å². The average molecular weight is 357 g/mol. The van der Waals surface area contributed by atoms with Gasteiger partial charge >= 0.3 is 0 Å². The highest BCUT2D eigenvalue weighted by Gasteiger charge is 2.57. The lowest BCUT2D eigenvalue weighted by atomic mass is 9.92. The molecule has 0 radical (unpaired) electrons. The van der Waals surface area contributed by atoms with Crippen molar-refractivity contribution in [2.24, 2.45) is 11.3 Å². The Kier molecular flexibility index (Phi) is 4.40. The van der Waals surface area contributed by atoms with Crippen molar-refractivity contribution in [3.05, 3.63) is 53.6 Å². The van der Waals surface area contributed by atoms with E-state index in [1.54, 1.807) is 6.07 Å². The number of benzene rings is 2. The minimum absolute atomic E-state index is 0.0945. The molecule has 1 amide bonds. The zero-order valence-corrected chi connectivity index (χ0v) is 14.7. The van der Waals surface area contributed by atoms with Gasteiger partial charge in [0.15, 0.2) is 5.75 Å². The van der Waals surface area contributed by atoms with E-state index < -0.39 is 0 Å². The highest BCUT2D eigenvalue weighted by molar-refractivity contribution is 6.32. The minimum atomic E-state index is 0.0945. The zero-order chi connectivity index (χ0) is 17.3. The molecule has 4 nitrogen and oxygen atoms in total. The standard InChI is InChI=1S/C20H21ClN2O2/c21-15-5-1-3-7-17(15)25-18-8-4-2-6-16(18)23-19(24)14-13-20(14)9-11-22-12-10-20/h1-8,14,22H,9-13H2,(H,23,24). The number of anilines is 1. The lowest BCUT2D eigenvalue weighted by Crippen LogP contribution is -2.31. The fourth-order valence-electron chi connectivity index (χ4n) is 3.72. The Morgan fingerprint density at radius 3 is 2.52 bits per heavy atom. The Bertz CT molecular complexity index is 787. The number of nitrogens with one attached hydrogen (secondary N) is 2. The van der Waals surface area contributed by atoms with Crippen molar-refractivity contribution in [3.8, 4) is 11.5 Å². The molecule has 2 aromatic rings. The van der Waals surface area contributed by atoms with Crippen molar-refractivity contribution in [1.82, 2.24) is 5.32 Å². The van der Waals surface area contributed by atoms with Crippen LogP contribution in [0.1, 0.15) is 19.3 Å². The number of carbonyl (C=O) groups is 1. The van der Waals surface area contributed by atoms with E-state index in [1.165, 1.54) is 0 Å². The number of piperidine rings is 1. The average Bonchev–Trinajstić information content (AvgIpc) is 3.32. The SMILES string of the molecule is O=C(Nc1ccccc1Oc1ccccc1Cl)C1CC12CCNCC2. The predicted molar refractivity (Wildman–Crippen MR) is 99.2 cm³/mol. The van der Waals surface area contributed by atoms with E-state index in [2.05, 4.69) is 10.6 Å². The van der Waals surface area contributed by atoms with Gasteiger partial charge in [0, 0.05) is 5.92 Å². The molecule has 1 atom stereocenters. The number of carbonyl (C=O) groups excluding carboxylic acids is 1. The van der Waals surface area contributed by atoms with Crippen molar-refractivity contribution in [1.29, 1.82) is 0 Å². The van der Waals surface area contributed by atoms with Crippen molar-refractivity contribution >= 4 is 23.2 Å². The van der Waals surface area contributed by atoms with Gasteiger partial charge in [0.2, 0.25) is 5.91 Å². The van der Waals surface area contributed by atoms with Crippen LogP contribution in [0.25, 0.3) is 0 Å². The third-order valence-corrected chi connectivity index (χ3v) is 5.62. The Morgan fingerprint density at radius 1 is 1.08 bits per heavy atom. The van der Waals surface area contributed by atoms with Crippen LogP contribution in [0.4, 0.5) is 5.69 Å². The number of rotatable bonds is 4. The van der Waals surface area contributed by atoms with Gasteiger partial charge in [0.05, 0.1) is 10.7 Å². The fraction of sp³-hybridized carbons (Fsp3) is 0.350. The third kappa shape index (κ3) is 3.37. The van der Waals surface area contributed by atoms with Gasteiger partial charge in [0.25, 0.3) is 0 Å². The van der Waals surface area contributed by atoms with Crippen molar-refractivity contribution < 1.29 is 9.53 Å². The van der Waals surface area contributed by atoms with Gasteiger partial charge in [-0.1, -0.05) is 35.9 Å². The molecular formula is C20H21ClN2O2. The Balaban J connectivity index is 1.48. The van der Waals surface area contributed by atoms with Crippen LogP contribution in [0.15, 0.2) is 48.5 Å². The van der Waals surface area contributed by atoms with E-state index in [4.69, 9.17) is 16.3 Å². The van der Waals surface area contributed by atoms with Gasteiger partial charge < -0.3 is 15.4 Å². The summed E-state index contributed by atoms with van der Waals surface area (Å²) in [6.45, 7) is 2.02. The summed E-state index contributed by atoms with van der Waals surface area (Å²) in [5.41, 5.74) is 0.900. The molecular weight excluding hydrogens is 336 g/mol. The Labute approximate surface area is 152 Å². The van der Waals surface area contributed by atoms with Crippen LogP contribution in [-0.2, 0) is 4.79 Å². The molecule has 2 aliphatic rings. The number of para-hydroxylation sites is 3. The molecule has 1 heterocycles. The van der Waals surface area contributed by atoms with E-state index >= 15 is 0 Å². The number of hydrogen-bond donors (Lipinski definition) is 2. The third-order valence-electron chi connectivity index (χ3n) is 5.31. The molecule has 4 rings (SSSR count). The molecule has 2 N–H and O–H groups in total. The van der Waals surface area contributed by atoms with Gasteiger partial charge in [-0.2, -0.15) is 0 Å². The molecule has 1 unspecified atom stereocenters. The molecule has 1 aliphatic heterocycles. The first-order valence-electron chi connectivity index (χ1n) is 8.71. The molecule has 1 aliphatic carbocycles. The van der Waals surface area contributed by atoms with Gasteiger partial charge in [0.1, 0.15) is 5.75 Å². The van der Waals surface area contributed by atoms with Gasteiger partial charge in [-0.15, -0.1) is 0 Å². The van der Waals surface area contributed by atoms with Gasteiger partial charge in [-0.05, 0) is 62.0 Å². The summed E-state index contributed by atoms with van der Waals surface area (Å²) in [5.74, 6) is 1.39. The molecule has 0 bridgehead atoms. The minimum Gasteiger partial charge on any atom is -0.454 e. The summed E-state index contributed by atoms with van der Waals surface area (Å²) in [7, 11) is 0. The maximum Gasteiger partial charge on any atom is 0.228 e. The van der Waals surface area contributed by atoms with Crippen LogP contribution >= 0.6 is 11.6 Å². The monoisotopic (exact) mass is 356 g/mol. The second-order valence-corrected chi connectivity index (χ2v) is 7.29. The van der Waals surface area contributed by atoms with Crippen LogP contribution in [0.2, 0.25) is 5.02 Å². The van der Waals surface area contributed by atoms with Crippen molar-refractivity contribution in [2.75, 3.05) is 18.4 Å². The quantitative estimate of drug-likeness (QED) is 0.850. The summed E-state index contributed by atoms with van der Waals surface area (Å²) in [4.78, 5) is 12.7. The number of amides is 1. The highest BCUT2D eigenvalue weighted by atomic mass is 35.5. The molecule has 1 spiro atoms. The summed E-state index contributed by atoms with van der Waals surface area (Å²) in [6, 6.07) is 14.8. The molecule has 2 aromatic carbocycles. The van der Waals surface area contributed by atoms with Crippen LogP contribution in [0, 0.1) is 11.3 Å². The zero-order valence-electron chi connectivity index (χ0n) is 13.9. The maximum absolute atomic E-state index is 12.7. The molecule has 5 heteroatoms. The van der Waals surface area contributed by atoms with E-state index in [9.17, 15) is 4.79 Å². The molecule has 2 fully saturated rings. The highest BCUT2D eigenvalue weighted by Crippen LogP contribution is 2.58. The summed E-state index contributed by atoms with van der Waals surface area (Å²) in [6.07, 6.45) is 3.17. The second-order valence-electron chi connectivity index (χ2n) is 6.89. The lowest BCUT2D eigenvalue weighted by Gasteiger charge is -2.23. The topological polar surface area (TPSA) is 50.4 Å². The largest absolute Gasteiger partial charge is 0.454 e. The van der Waals surface area contributed by atoms with Crippen molar-refractivity contribution in [2.45, 2.75) is 19.3 Å². The van der Waals surface area contributed by atoms with Gasteiger partial charge in [-0.3, -0.25) is 4.79 Å². The fourth-order valence-corrected chi connectivity index (χ4v) is 3.89. The van der Waals surface area contributed by atoms with E-state index in [0.29, 0.717) is 22.2 Å². The number of halogens is 1. The van der Waals surface area contributed by atoms with Crippen molar-refractivity contribution in [3.63, 3.8) is 0 Å². The first kappa shape index (κ1) is 16.4. The lowest BCUT2D eigenvalue weighted by molar-refractivity contribution is -0.118. The first-order chi connectivity index (χ1) is 12.2. The van der Waals surface area contributed by atoms with E-state index in [-0.39, 0.29) is 17.2 Å². The number of hydrogen-bond acceptors (Lipinski definition) is 3. The molecule has 130 valence electrons. The predicted octanol–water partition coefficient (Wildman–Crippen LogP) is 4.46. The smallest absolute Gasteiger partial charge is 0.228 e. The molecule has 1 saturated heterocycles. The van der Waals surface area contributed by atoms with E-state index in [1.807, 2.05) is 42.5 Å². The summed E-state index contributed by atoms with van der Waals surface area (Å²) in [5, 5.41) is 6.96. The normalized spacial score (nSPS) is 20.9. The van der Waals surface area contributed by atoms with Crippen LogP contribution in [0.3, 0.4) is 0 Å². The van der Waals surface area contributed by atoms with E-state index in [0.717, 1.165) is 32.4 Å². The molecule has 25 heavy (non-hydrogen) atoms. The second kappa shape index (κ2) is 6.70. The summed E-state index contributed by atoms with van der Waals surface area (Å²) < 4.78 is 5.92. The maximum atomic E-state index is 12.7. The Morgan fingerprint density at radius 2 is 1.76 bits per heavy atom. The molecule has 0 aromatic heterocycles. The summed E-state index contributed by atoms with van der Waals surface area (Å²) >= 11 is 6.17. The molecule has 1 saturated carbocycles. The Hall–Kier alpha value is -2.04. The number of ether oxygens (including phenoxy) is 1. The first-order valence-corrected chi connectivity index (χ1v) is 9.09. The van der Waals surface area contributed by atoms with Crippen LogP contribution < -0.4 is 15.4 Å².